The lowest BCUT2D eigenvalue weighted by Crippen LogP contribution is -2.28. The number of hydrogen-bond donors (Lipinski definition) is 2. The smallest absolute Gasteiger partial charge is 0.323 e. The van der Waals surface area contributed by atoms with Gasteiger partial charge in [0.15, 0.2) is 11.5 Å². The van der Waals surface area contributed by atoms with Crippen LogP contribution in [0.4, 0.5) is 16.2 Å². The average molecular weight is 366 g/mol. The molecule has 0 unspecified atom stereocenters. The van der Waals surface area contributed by atoms with Crippen molar-refractivity contribution in [3.05, 3.63) is 58.1 Å². The number of pyridine rings is 1. The lowest BCUT2D eigenvalue weighted by molar-refractivity contribution is 0.171. The summed E-state index contributed by atoms with van der Waals surface area (Å²) < 4.78 is 12.4. The van der Waals surface area contributed by atoms with Gasteiger partial charge in [-0.15, -0.1) is 0 Å². The highest BCUT2D eigenvalue weighted by Crippen LogP contribution is 2.32. The molecular weight excluding hydrogens is 348 g/mol. The van der Waals surface area contributed by atoms with Crippen LogP contribution in [-0.2, 0) is 0 Å². The molecule has 0 spiro atoms. The van der Waals surface area contributed by atoms with E-state index in [1.54, 1.807) is 31.3 Å². The molecule has 1 aliphatic rings. The van der Waals surface area contributed by atoms with Gasteiger partial charge in [0.25, 0.3) is 5.56 Å². The quantitative estimate of drug-likeness (QED) is 0.727. The first-order valence-electron chi connectivity index (χ1n) is 8.48. The molecule has 8 heteroatoms. The van der Waals surface area contributed by atoms with Crippen molar-refractivity contribution >= 4 is 23.1 Å². The molecule has 2 amide bonds. The fourth-order valence-electron chi connectivity index (χ4n) is 2.89. The van der Waals surface area contributed by atoms with Crippen LogP contribution in [0.25, 0.3) is 5.65 Å². The van der Waals surface area contributed by atoms with Crippen molar-refractivity contribution in [1.29, 1.82) is 0 Å². The summed E-state index contributed by atoms with van der Waals surface area (Å²) in [7, 11) is 0. The molecule has 2 N–H and O–H groups in total. The summed E-state index contributed by atoms with van der Waals surface area (Å²) in [5.74, 6) is 1.20. The SMILES string of the molecule is Cc1ccn2c(=O)c(NC(=O)Nc3ccc4c(c3)OCCO4)c(C)nc2c1. The number of nitrogens with one attached hydrogen (secondary N) is 2. The lowest BCUT2D eigenvalue weighted by atomic mass is 10.2. The highest BCUT2D eigenvalue weighted by atomic mass is 16.6. The second kappa shape index (κ2) is 6.64. The Morgan fingerprint density at radius 3 is 2.67 bits per heavy atom. The normalized spacial score (nSPS) is 12.7. The maximum atomic E-state index is 12.7. The van der Waals surface area contributed by atoms with Crippen molar-refractivity contribution < 1.29 is 14.3 Å². The minimum Gasteiger partial charge on any atom is -0.486 e. The predicted octanol–water partition coefficient (Wildman–Crippen LogP) is 2.73. The van der Waals surface area contributed by atoms with E-state index in [0.29, 0.717) is 41.7 Å². The maximum Gasteiger partial charge on any atom is 0.323 e. The molecule has 3 aromatic rings. The standard InChI is InChI=1S/C19H18N4O4/c1-11-5-6-23-16(9-11)20-12(2)17(18(23)24)22-19(25)21-13-3-4-14-15(10-13)27-8-7-26-14/h3-6,9-10H,7-8H2,1-2H3,(H2,21,22,25). The number of ether oxygens (including phenoxy) is 2. The average Bonchev–Trinajstić information content (AvgIpc) is 2.65. The van der Waals surface area contributed by atoms with E-state index >= 15 is 0 Å². The van der Waals surface area contributed by atoms with Gasteiger partial charge >= 0.3 is 6.03 Å². The number of benzene rings is 1. The van der Waals surface area contributed by atoms with Crippen molar-refractivity contribution in [2.45, 2.75) is 13.8 Å². The maximum absolute atomic E-state index is 12.7. The summed E-state index contributed by atoms with van der Waals surface area (Å²) in [6, 6.07) is 8.19. The third kappa shape index (κ3) is 3.29. The summed E-state index contributed by atoms with van der Waals surface area (Å²) in [6.45, 7) is 4.57. The van der Waals surface area contributed by atoms with Gasteiger partial charge in [0, 0.05) is 18.0 Å². The first-order chi connectivity index (χ1) is 13.0. The molecule has 27 heavy (non-hydrogen) atoms. The molecule has 0 aliphatic carbocycles. The number of fused-ring (bicyclic) bond motifs is 2. The summed E-state index contributed by atoms with van der Waals surface area (Å²) in [6.07, 6.45) is 1.64. The zero-order chi connectivity index (χ0) is 19.0. The number of carbonyl (C=O) groups is 1. The van der Waals surface area contributed by atoms with E-state index in [2.05, 4.69) is 15.6 Å². The van der Waals surface area contributed by atoms with Crippen LogP contribution in [0.3, 0.4) is 0 Å². The van der Waals surface area contributed by atoms with Crippen LogP contribution in [0.5, 0.6) is 11.5 Å². The highest BCUT2D eigenvalue weighted by molar-refractivity contribution is 6.00. The number of aryl methyl sites for hydroxylation is 2. The van der Waals surface area contributed by atoms with E-state index in [1.807, 2.05) is 19.1 Å². The van der Waals surface area contributed by atoms with E-state index in [1.165, 1.54) is 4.40 Å². The van der Waals surface area contributed by atoms with Crippen LogP contribution in [0, 0.1) is 13.8 Å². The number of urea groups is 1. The van der Waals surface area contributed by atoms with Crippen molar-refractivity contribution in [2.75, 3.05) is 23.8 Å². The third-order valence-electron chi connectivity index (χ3n) is 4.21. The molecule has 1 aliphatic heterocycles. The van der Waals surface area contributed by atoms with Gasteiger partial charge in [-0.1, -0.05) is 0 Å². The van der Waals surface area contributed by atoms with E-state index in [0.717, 1.165) is 5.56 Å². The Morgan fingerprint density at radius 2 is 1.85 bits per heavy atom. The van der Waals surface area contributed by atoms with E-state index in [9.17, 15) is 9.59 Å². The minimum absolute atomic E-state index is 0.131. The number of carbonyl (C=O) groups excluding carboxylic acids is 1. The van der Waals surface area contributed by atoms with Crippen LogP contribution >= 0.6 is 0 Å². The van der Waals surface area contributed by atoms with Crippen molar-refractivity contribution in [2.24, 2.45) is 0 Å². The highest BCUT2D eigenvalue weighted by Gasteiger charge is 2.15. The van der Waals surface area contributed by atoms with Gasteiger partial charge in [-0.25, -0.2) is 9.78 Å². The van der Waals surface area contributed by atoms with Crippen LogP contribution in [0.2, 0.25) is 0 Å². The Morgan fingerprint density at radius 1 is 1.07 bits per heavy atom. The summed E-state index contributed by atoms with van der Waals surface area (Å²) in [5.41, 5.74) is 2.30. The molecule has 0 saturated carbocycles. The number of nitrogens with zero attached hydrogens (tertiary/aromatic N) is 2. The molecule has 2 aromatic heterocycles. The lowest BCUT2D eigenvalue weighted by Gasteiger charge is -2.19. The zero-order valence-electron chi connectivity index (χ0n) is 14.9. The third-order valence-corrected chi connectivity index (χ3v) is 4.21. The van der Waals surface area contributed by atoms with Crippen LogP contribution in [0.15, 0.2) is 41.3 Å². The van der Waals surface area contributed by atoms with Crippen molar-refractivity contribution in [1.82, 2.24) is 9.38 Å². The minimum atomic E-state index is -0.541. The first kappa shape index (κ1) is 16.9. The Labute approximate surface area is 154 Å². The van der Waals surface area contributed by atoms with Gasteiger partial charge in [-0.05, 0) is 43.7 Å². The molecule has 0 fully saturated rings. The first-order valence-corrected chi connectivity index (χ1v) is 8.48. The van der Waals surface area contributed by atoms with E-state index < -0.39 is 6.03 Å². The van der Waals surface area contributed by atoms with E-state index in [-0.39, 0.29) is 11.2 Å². The molecular formula is C19H18N4O4. The summed E-state index contributed by atoms with van der Waals surface area (Å²) >= 11 is 0. The molecule has 1 aromatic carbocycles. The molecule has 4 rings (SSSR count). The van der Waals surface area contributed by atoms with Crippen LogP contribution in [-0.4, -0.2) is 28.6 Å². The van der Waals surface area contributed by atoms with Crippen LogP contribution < -0.4 is 25.7 Å². The zero-order valence-corrected chi connectivity index (χ0v) is 14.9. The van der Waals surface area contributed by atoms with E-state index in [4.69, 9.17) is 9.47 Å². The van der Waals surface area contributed by atoms with Gasteiger partial charge in [0.05, 0.1) is 5.69 Å². The topological polar surface area (TPSA) is 94.0 Å². The van der Waals surface area contributed by atoms with Gasteiger partial charge < -0.3 is 20.1 Å². The molecule has 3 heterocycles. The predicted molar refractivity (Wildman–Crippen MR) is 101 cm³/mol. The molecule has 0 radical (unpaired) electrons. The number of aromatic nitrogens is 2. The Bertz CT molecular complexity index is 1110. The Balaban J connectivity index is 1.58. The molecule has 0 saturated heterocycles. The van der Waals surface area contributed by atoms with Gasteiger partial charge in [0.1, 0.15) is 24.5 Å². The number of amides is 2. The second-order valence-corrected chi connectivity index (χ2v) is 6.25. The summed E-state index contributed by atoms with van der Waals surface area (Å²) in [5, 5.41) is 5.29. The molecule has 8 nitrogen and oxygen atoms in total. The number of anilines is 2. The summed E-state index contributed by atoms with van der Waals surface area (Å²) in [4.78, 5) is 29.5. The molecule has 0 bridgehead atoms. The Kier molecular flexibility index (Phi) is 4.15. The number of rotatable bonds is 2. The fourth-order valence-corrected chi connectivity index (χ4v) is 2.89. The monoisotopic (exact) mass is 366 g/mol. The number of hydrogen-bond acceptors (Lipinski definition) is 5. The molecule has 0 atom stereocenters. The van der Waals surface area contributed by atoms with Crippen molar-refractivity contribution in [3.63, 3.8) is 0 Å². The molecule has 138 valence electrons. The van der Waals surface area contributed by atoms with Crippen LogP contribution in [0.1, 0.15) is 11.3 Å². The fraction of sp³-hybridized carbons (Fsp3) is 0.211. The second-order valence-electron chi connectivity index (χ2n) is 6.25. The van der Waals surface area contributed by atoms with Gasteiger partial charge in [-0.2, -0.15) is 0 Å². The Hall–Kier alpha value is -3.55. The van der Waals surface area contributed by atoms with Gasteiger partial charge in [0.2, 0.25) is 0 Å². The van der Waals surface area contributed by atoms with Gasteiger partial charge in [-0.3, -0.25) is 9.20 Å². The van der Waals surface area contributed by atoms with Crippen molar-refractivity contribution in [3.8, 4) is 11.5 Å². The largest absolute Gasteiger partial charge is 0.486 e.